The molecule has 4 nitrogen and oxygen atoms in total. The lowest BCUT2D eigenvalue weighted by Gasteiger charge is -2.11. The van der Waals surface area contributed by atoms with Gasteiger partial charge in [-0.05, 0) is 37.6 Å². The average molecular weight is 327 g/mol. The number of nitrogens with one attached hydrogen (secondary N) is 2. The monoisotopic (exact) mass is 326 g/mol. The van der Waals surface area contributed by atoms with Crippen LogP contribution in [-0.4, -0.2) is 24.4 Å². The fourth-order valence-corrected chi connectivity index (χ4v) is 1.71. The van der Waals surface area contributed by atoms with Crippen LogP contribution in [0.3, 0.4) is 0 Å². The summed E-state index contributed by atoms with van der Waals surface area (Å²) in [7, 11) is 0. The summed E-state index contributed by atoms with van der Waals surface area (Å²) in [6, 6.07) is 7.27. The van der Waals surface area contributed by atoms with E-state index in [2.05, 4.69) is 26.6 Å². The van der Waals surface area contributed by atoms with Crippen LogP contribution in [-0.2, 0) is 4.79 Å². The van der Waals surface area contributed by atoms with Crippen molar-refractivity contribution in [3.63, 3.8) is 0 Å². The van der Waals surface area contributed by atoms with Crippen molar-refractivity contribution in [1.29, 1.82) is 0 Å². The van der Waals surface area contributed by atoms with Crippen molar-refractivity contribution in [2.24, 2.45) is 0 Å². The Labute approximate surface area is 122 Å². The van der Waals surface area contributed by atoms with Gasteiger partial charge in [0.05, 0.1) is 0 Å². The first kappa shape index (κ1) is 15.7. The maximum absolute atomic E-state index is 11.8. The first-order valence-corrected chi connectivity index (χ1v) is 7.15. The van der Waals surface area contributed by atoms with Gasteiger partial charge >= 0.3 is 0 Å². The summed E-state index contributed by atoms with van der Waals surface area (Å²) in [6.45, 7) is 4.32. The predicted molar refractivity (Wildman–Crippen MR) is 79.0 cm³/mol. The summed E-state index contributed by atoms with van der Waals surface area (Å²) < 4.78 is 0.928. The predicted octanol–water partition coefficient (Wildman–Crippen LogP) is 2.48. The molecule has 1 aromatic carbocycles. The normalized spacial score (nSPS) is 11.7. The molecule has 0 aliphatic heterocycles. The van der Waals surface area contributed by atoms with Gasteiger partial charge in [-0.3, -0.25) is 9.59 Å². The Balaban J connectivity index is 2.31. The van der Waals surface area contributed by atoms with Crippen LogP contribution in [0.2, 0.25) is 0 Å². The number of benzene rings is 1. The molecular weight excluding hydrogens is 308 g/mol. The number of rotatable bonds is 6. The van der Waals surface area contributed by atoms with Crippen molar-refractivity contribution in [2.45, 2.75) is 32.7 Å². The highest BCUT2D eigenvalue weighted by Gasteiger charge is 2.07. The first-order chi connectivity index (χ1) is 9.02. The van der Waals surface area contributed by atoms with Gasteiger partial charge in [0.25, 0.3) is 5.91 Å². The van der Waals surface area contributed by atoms with Crippen molar-refractivity contribution in [3.05, 3.63) is 34.3 Å². The molecule has 5 heteroatoms. The Morgan fingerprint density at radius 1 is 1.26 bits per heavy atom. The number of carbonyl (C=O) groups is 2. The van der Waals surface area contributed by atoms with E-state index in [0.29, 0.717) is 18.5 Å². The number of hydrogen-bond donors (Lipinski definition) is 2. The molecule has 0 aromatic heterocycles. The highest BCUT2D eigenvalue weighted by Crippen LogP contribution is 2.10. The summed E-state index contributed by atoms with van der Waals surface area (Å²) in [5, 5.41) is 5.58. The van der Waals surface area contributed by atoms with E-state index in [1.807, 2.05) is 26.0 Å². The Kier molecular flexibility index (Phi) is 6.56. The van der Waals surface area contributed by atoms with Gasteiger partial charge in [-0.15, -0.1) is 0 Å². The minimum atomic E-state index is -0.163. The van der Waals surface area contributed by atoms with Gasteiger partial charge in [0.1, 0.15) is 0 Å². The molecule has 19 heavy (non-hydrogen) atoms. The van der Waals surface area contributed by atoms with Crippen LogP contribution in [0.4, 0.5) is 0 Å². The molecular formula is C14H19BrN2O2. The van der Waals surface area contributed by atoms with Crippen molar-refractivity contribution >= 4 is 27.7 Å². The minimum absolute atomic E-state index is 0.0366. The highest BCUT2D eigenvalue weighted by atomic mass is 79.9. The minimum Gasteiger partial charge on any atom is -0.354 e. The first-order valence-electron chi connectivity index (χ1n) is 6.36. The molecule has 0 fully saturated rings. The molecule has 0 aliphatic carbocycles. The molecule has 1 atom stereocenters. The maximum atomic E-state index is 11.8. The van der Waals surface area contributed by atoms with E-state index >= 15 is 0 Å². The lowest BCUT2D eigenvalue weighted by atomic mass is 10.2. The molecule has 0 aliphatic rings. The SMILES string of the molecule is CC[C@@H](C)NC(=O)CCNC(=O)c1ccc(Br)cc1. The third-order valence-electron chi connectivity index (χ3n) is 2.76. The van der Waals surface area contributed by atoms with E-state index in [1.54, 1.807) is 12.1 Å². The summed E-state index contributed by atoms with van der Waals surface area (Å²) >= 11 is 3.31. The molecule has 0 bridgehead atoms. The number of halogens is 1. The third kappa shape index (κ3) is 5.87. The third-order valence-corrected chi connectivity index (χ3v) is 3.29. The quantitative estimate of drug-likeness (QED) is 0.843. The zero-order chi connectivity index (χ0) is 14.3. The molecule has 0 spiro atoms. The number of hydrogen-bond acceptors (Lipinski definition) is 2. The molecule has 1 aromatic rings. The lowest BCUT2D eigenvalue weighted by Crippen LogP contribution is -2.35. The largest absolute Gasteiger partial charge is 0.354 e. The van der Waals surface area contributed by atoms with Gasteiger partial charge < -0.3 is 10.6 Å². The fraction of sp³-hybridized carbons (Fsp3) is 0.429. The molecule has 104 valence electrons. The molecule has 2 amide bonds. The topological polar surface area (TPSA) is 58.2 Å². The van der Waals surface area contributed by atoms with E-state index in [1.165, 1.54) is 0 Å². The van der Waals surface area contributed by atoms with Gasteiger partial charge in [-0.25, -0.2) is 0 Å². The van der Waals surface area contributed by atoms with E-state index in [4.69, 9.17) is 0 Å². The van der Waals surface area contributed by atoms with Crippen LogP contribution >= 0.6 is 15.9 Å². The van der Waals surface area contributed by atoms with Crippen LogP contribution < -0.4 is 10.6 Å². The van der Waals surface area contributed by atoms with Gasteiger partial charge in [0, 0.05) is 29.0 Å². The van der Waals surface area contributed by atoms with Crippen molar-refractivity contribution < 1.29 is 9.59 Å². The van der Waals surface area contributed by atoms with Crippen molar-refractivity contribution in [3.8, 4) is 0 Å². The zero-order valence-corrected chi connectivity index (χ0v) is 12.8. The molecule has 2 N–H and O–H groups in total. The van der Waals surface area contributed by atoms with Crippen LogP contribution in [0.5, 0.6) is 0 Å². The van der Waals surface area contributed by atoms with Gasteiger partial charge in [-0.2, -0.15) is 0 Å². The Morgan fingerprint density at radius 2 is 1.89 bits per heavy atom. The fourth-order valence-electron chi connectivity index (χ4n) is 1.44. The molecule has 0 heterocycles. The second-order valence-electron chi connectivity index (χ2n) is 4.39. The Hall–Kier alpha value is -1.36. The standard InChI is InChI=1S/C14H19BrN2O2/c1-3-10(2)17-13(18)8-9-16-14(19)11-4-6-12(15)7-5-11/h4-7,10H,3,8-9H2,1-2H3,(H,16,19)(H,17,18)/t10-/m1/s1. The summed E-state index contributed by atoms with van der Waals surface area (Å²) in [5.41, 5.74) is 0.588. The van der Waals surface area contributed by atoms with Crippen LogP contribution in [0, 0.1) is 0 Å². The number of carbonyl (C=O) groups excluding carboxylic acids is 2. The van der Waals surface area contributed by atoms with E-state index in [0.717, 1.165) is 10.9 Å². The van der Waals surface area contributed by atoms with Crippen LogP contribution in [0.15, 0.2) is 28.7 Å². The smallest absolute Gasteiger partial charge is 0.251 e. The molecule has 0 unspecified atom stereocenters. The van der Waals surface area contributed by atoms with Gasteiger partial charge in [-0.1, -0.05) is 22.9 Å². The Morgan fingerprint density at radius 3 is 2.47 bits per heavy atom. The van der Waals surface area contributed by atoms with Gasteiger partial charge in [0.2, 0.25) is 5.91 Å². The Bertz CT molecular complexity index is 432. The summed E-state index contributed by atoms with van der Waals surface area (Å²) in [4.78, 5) is 23.3. The molecule has 1 rings (SSSR count). The van der Waals surface area contributed by atoms with E-state index in [-0.39, 0.29) is 17.9 Å². The summed E-state index contributed by atoms with van der Waals surface area (Å²) in [6.07, 6.45) is 1.20. The molecule has 0 saturated carbocycles. The average Bonchev–Trinajstić information content (AvgIpc) is 2.39. The lowest BCUT2D eigenvalue weighted by molar-refractivity contribution is -0.121. The second kappa shape index (κ2) is 7.94. The van der Waals surface area contributed by atoms with Crippen molar-refractivity contribution in [1.82, 2.24) is 10.6 Å². The zero-order valence-electron chi connectivity index (χ0n) is 11.2. The van der Waals surface area contributed by atoms with Crippen molar-refractivity contribution in [2.75, 3.05) is 6.54 Å². The van der Waals surface area contributed by atoms with Crippen LogP contribution in [0.25, 0.3) is 0 Å². The summed E-state index contributed by atoms with van der Waals surface area (Å²) in [5.74, 6) is -0.200. The number of amides is 2. The molecule has 0 radical (unpaired) electrons. The molecule has 0 saturated heterocycles. The van der Waals surface area contributed by atoms with E-state index in [9.17, 15) is 9.59 Å². The maximum Gasteiger partial charge on any atom is 0.251 e. The highest BCUT2D eigenvalue weighted by molar-refractivity contribution is 9.10. The van der Waals surface area contributed by atoms with Crippen LogP contribution in [0.1, 0.15) is 37.0 Å². The van der Waals surface area contributed by atoms with E-state index < -0.39 is 0 Å². The second-order valence-corrected chi connectivity index (χ2v) is 5.31. The van der Waals surface area contributed by atoms with Gasteiger partial charge in [0.15, 0.2) is 0 Å².